The summed E-state index contributed by atoms with van der Waals surface area (Å²) < 4.78 is 5.43. The number of carbonyl (C=O) groups is 1. The van der Waals surface area contributed by atoms with Crippen molar-refractivity contribution in [1.82, 2.24) is 5.32 Å². The Morgan fingerprint density at radius 3 is 2.70 bits per heavy atom. The van der Waals surface area contributed by atoms with Crippen LogP contribution in [0.3, 0.4) is 0 Å². The Balaban J connectivity index is 2.30. The molecule has 6 heteroatoms. The molecule has 0 atom stereocenters. The standard InChI is InChI=1S/C14H23N3O2S/c1-4-16-13(18)12-10(15)11(19-3)14(20-12)17(5-2)8-9-6-7-9/h9H,4-8,15H2,1-3H3,(H,16,18). The van der Waals surface area contributed by atoms with Crippen LogP contribution in [0.25, 0.3) is 0 Å². The highest BCUT2D eigenvalue weighted by Gasteiger charge is 2.29. The van der Waals surface area contributed by atoms with Crippen molar-refractivity contribution >= 4 is 27.9 Å². The summed E-state index contributed by atoms with van der Waals surface area (Å²) >= 11 is 1.43. The molecule has 20 heavy (non-hydrogen) atoms. The lowest BCUT2D eigenvalue weighted by Crippen LogP contribution is -2.24. The van der Waals surface area contributed by atoms with Crippen LogP contribution in [0.1, 0.15) is 36.4 Å². The van der Waals surface area contributed by atoms with Gasteiger partial charge in [0, 0.05) is 19.6 Å². The number of carbonyl (C=O) groups excluding carboxylic acids is 1. The number of nitrogen functional groups attached to an aromatic ring is 1. The fraction of sp³-hybridized carbons (Fsp3) is 0.643. The molecule has 1 saturated carbocycles. The quantitative estimate of drug-likeness (QED) is 0.810. The van der Waals surface area contributed by atoms with Crippen LogP contribution in [-0.2, 0) is 0 Å². The number of hydrogen-bond acceptors (Lipinski definition) is 5. The fourth-order valence-electron chi connectivity index (χ4n) is 2.20. The van der Waals surface area contributed by atoms with Crippen LogP contribution >= 0.6 is 11.3 Å². The molecule has 1 fully saturated rings. The van der Waals surface area contributed by atoms with Gasteiger partial charge >= 0.3 is 0 Å². The molecule has 0 saturated heterocycles. The first kappa shape index (κ1) is 15.0. The summed E-state index contributed by atoms with van der Waals surface area (Å²) in [6, 6.07) is 0. The van der Waals surface area contributed by atoms with E-state index in [2.05, 4.69) is 17.1 Å². The zero-order valence-electron chi connectivity index (χ0n) is 12.4. The minimum atomic E-state index is -0.123. The number of methoxy groups -OCH3 is 1. The maximum absolute atomic E-state index is 12.0. The van der Waals surface area contributed by atoms with E-state index in [9.17, 15) is 4.79 Å². The third-order valence-corrected chi connectivity index (χ3v) is 4.72. The lowest BCUT2D eigenvalue weighted by molar-refractivity contribution is 0.0960. The van der Waals surface area contributed by atoms with Gasteiger partial charge in [-0.15, -0.1) is 11.3 Å². The fourth-order valence-corrected chi connectivity index (χ4v) is 3.38. The molecule has 1 aliphatic carbocycles. The van der Waals surface area contributed by atoms with Gasteiger partial charge in [0.25, 0.3) is 5.91 Å². The summed E-state index contributed by atoms with van der Waals surface area (Å²) in [4.78, 5) is 14.9. The summed E-state index contributed by atoms with van der Waals surface area (Å²) in [7, 11) is 1.61. The second-order valence-corrected chi connectivity index (χ2v) is 6.02. The molecule has 0 aromatic carbocycles. The van der Waals surface area contributed by atoms with E-state index in [4.69, 9.17) is 10.5 Å². The molecule has 3 N–H and O–H groups in total. The van der Waals surface area contributed by atoms with E-state index in [1.54, 1.807) is 7.11 Å². The normalized spacial score (nSPS) is 14.2. The topological polar surface area (TPSA) is 67.6 Å². The van der Waals surface area contributed by atoms with E-state index in [0.29, 0.717) is 22.9 Å². The minimum Gasteiger partial charge on any atom is -0.492 e. The molecule has 0 spiro atoms. The van der Waals surface area contributed by atoms with E-state index in [1.165, 1.54) is 24.2 Å². The lowest BCUT2D eigenvalue weighted by Gasteiger charge is -2.22. The Labute approximate surface area is 124 Å². The van der Waals surface area contributed by atoms with Crippen molar-refractivity contribution in [2.45, 2.75) is 26.7 Å². The first-order valence-corrected chi connectivity index (χ1v) is 7.93. The Hall–Kier alpha value is -1.43. The zero-order valence-corrected chi connectivity index (χ0v) is 13.2. The summed E-state index contributed by atoms with van der Waals surface area (Å²) in [5, 5.41) is 3.77. The van der Waals surface area contributed by atoms with Crippen molar-refractivity contribution in [3.63, 3.8) is 0 Å². The first-order chi connectivity index (χ1) is 9.62. The molecule has 1 aromatic rings. The van der Waals surface area contributed by atoms with Crippen LogP contribution in [0.5, 0.6) is 5.75 Å². The highest BCUT2D eigenvalue weighted by Crippen LogP contribution is 2.45. The Morgan fingerprint density at radius 1 is 1.50 bits per heavy atom. The third kappa shape index (κ3) is 3.00. The Morgan fingerprint density at radius 2 is 2.20 bits per heavy atom. The van der Waals surface area contributed by atoms with Crippen molar-refractivity contribution in [2.75, 3.05) is 37.4 Å². The predicted molar refractivity (Wildman–Crippen MR) is 83.9 cm³/mol. The number of nitrogens with one attached hydrogen (secondary N) is 1. The molecule has 0 unspecified atom stereocenters. The average Bonchev–Trinajstić information content (AvgIpc) is 3.19. The lowest BCUT2D eigenvalue weighted by atomic mass is 10.3. The predicted octanol–water partition coefficient (Wildman–Crippen LogP) is 2.32. The Kier molecular flexibility index (Phi) is 4.75. The van der Waals surface area contributed by atoms with E-state index < -0.39 is 0 Å². The minimum absolute atomic E-state index is 0.123. The molecule has 112 valence electrons. The van der Waals surface area contributed by atoms with Gasteiger partial charge in [0.15, 0.2) is 5.75 Å². The third-order valence-electron chi connectivity index (χ3n) is 3.47. The number of thiophene rings is 1. The number of amides is 1. The van der Waals surface area contributed by atoms with Crippen LogP contribution in [0.2, 0.25) is 0 Å². The van der Waals surface area contributed by atoms with Gasteiger partial charge in [0.1, 0.15) is 15.6 Å². The summed E-state index contributed by atoms with van der Waals surface area (Å²) in [6.07, 6.45) is 2.59. The van der Waals surface area contributed by atoms with Crippen molar-refractivity contribution in [1.29, 1.82) is 0 Å². The molecule has 0 bridgehead atoms. The van der Waals surface area contributed by atoms with Crippen LogP contribution < -0.4 is 20.7 Å². The highest BCUT2D eigenvalue weighted by atomic mass is 32.1. The molecule has 0 aliphatic heterocycles. The van der Waals surface area contributed by atoms with Gasteiger partial charge in [-0.3, -0.25) is 4.79 Å². The second-order valence-electron chi connectivity index (χ2n) is 5.02. The zero-order chi connectivity index (χ0) is 14.7. The summed E-state index contributed by atoms with van der Waals surface area (Å²) in [5.41, 5.74) is 6.53. The SMILES string of the molecule is CCNC(=O)c1sc(N(CC)CC2CC2)c(OC)c1N. The molecule has 0 radical (unpaired) electrons. The number of nitrogens with two attached hydrogens (primary N) is 1. The van der Waals surface area contributed by atoms with E-state index in [1.807, 2.05) is 6.92 Å². The number of rotatable bonds is 7. The van der Waals surface area contributed by atoms with Gasteiger partial charge in [-0.05, 0) is 32.6 Å². The van der Waals surface area contributed by atoms with E-state index in [-0.39, 0.29) is 5.91 Å². The molecule has 1 aliphatic rings. The van der Waals surface area contributed by atoms with Crippen LogP contribution in [0.4, 0.5) is 10.7 Å². The molecule has 2 rings (SSSR count). The monoisotopic (exact) mass is 297 g/mol. The number of ether oxygens (including phenoxy) is 1. The van der Waals surface area contributed by atoms with Gasteiger partial charge in [-0.2, -0.15) is 0 Å². The molecule has 1 aromatic heterocycles. The second kappa shape index (κ2) is 6.35. The maximum Gasteiger partial charge on any atom is 0.263 e. The molecule has 1 heterocycles. The summed E-state index contributed by atoms with van der Waals surface area (Å²) in [6.45, 7) is 6.51. The number of anilines is 2. The van der Waals surface area contributed by atoms with Crippen molar-refractivity contribution in [3.05, 3.63) is 4.88 Å². The molecular formula is C14H23N3O2S. The molecule has 1 amide bonds. The number of nitrogens with zero attached hydrogens (tertiary/aromatic N) is 1. The smallest absolute Gasteiger partial charge is 0.263 e. The van der Waals surface area contributed by atoms with E-state index in [0.717, 1.165) is 24.0 Å². The number of hydrogen-bond donors (Lipinski definition) is 2. The highest BCUT2D eigenvalue weighted by molar-refractivity contribution is 7.19. The first-order valence-electron chi connectivity index (χ1n) is 7.11. The van der Waals surface area contributed by atoms with Crippen LogP contribution in [0, 0.1) is 5.92 Å². The largest absolute Gasteiger partial charge is 0.492 e. The maximum atomic E-state index is 12.0. The van der Waals surface area contributed by atoms with Crippen LogP contribution in [-0.4, -0.2) is 32.7 Å². The molecule has 5 nitrogen and oxygen atoms in total. The van der Waals surface area contributed by atoms with Gasteiger partial charge in [-0.1, -0.05) is 0 Å². The van der Waals surface area contributed by atoms with E-state index >= 15 is 0 Å². The van der Waals surface area contributed by atoms with Crippen molar-refractivity contribution in [3.8, 4) is 5.75 Å². The van der Waals surface area contributed by atoms with Crippen LogP contribution in [0.15, 0.2) is 0 Å². The summed E-state index contributed by atoms with van der Waals surface area (Å²) in [5.74, 6) is 1.29. The van der Waals surface area contributed by atoms with Gasteiger partial charge in [0.2, 0.25) is 0 Å². The average molecular weight is 297 g/mol. The Bertz CT molecular complexity index is 483. The van der Waals surface area contributed by atoms with Crippen molar-refractivity contribution < 1.29 is 9.53 Å². The van der Waals surface area contributed by atoms with Crippen molar-refractivity contribution in [2.24, 2.45) is 5.92 Å². The molecular weight excluding hydrogens is 274 g/mol. The van der Waals surface area contributed by atoms with Gasteiger partial charge in [-0.25, -0.2) is 0 Å². The van der Waals surface area contributed by atoms with Gasteiger partial charge in [0.05, 0.1) is 7.11 Å². The van der Waals surface area contributed by atoms with Gasteiger partial charge < -0.3 is 20.7 Å².